The third-order valence-corrected chi connectivity index (χ3v) is 5.96. The molecule has 0 spiro atoms. The Morgan fingerprint density at radius 3 is 2.36 bits per heavy atom. The fourth-order valence-corrected chi connectivity index (χ4v) is 3.83. The van der Waals surface area contributed by atoms with Gasteiger partial charge in [-0.2, -0.15) is 0 Å². The number of nitrogens with one attached hydrogen (secondary N) is 1. The van der Waals surface area contributed by atoms with E-state index in [0.717, 1.165) is 11.1 Å². The maximum absolute atomic E-state index is 13.5. The van der Waals surface area contributed by atoms with E-state index in [1.54, 1.807) is 61.4 Å². The van der Waals surface area contributed by atoms with E-state index in [2.05, 4.69) is 15.6 Å². The van der Waals surface area contributed by atoms with Gasteiger partial charge in [-0.25, -0.2) is 4.68 Å². The average Bonchev–Trinajstić information content (AvgIpc) is 3.38. The Balaban J connectivity index is 1.50. The number of halogens is 1. The first-order chi connectivity index (χ1) is 17.4. The highest BCUT2D eigenvalue weighted by molar-refractivity contribution is 6.30. The summed E-state index contributed by atoms with van der Waals surface area (Å²) in [4.78, 5) is 28.1. The number of carbonyl (C=O) groups is 2. The van der Waals surface area contributed by atoms with Crippen LogP contribution in [0.5, 0.6) is 5.75 Å². The van der Waals surface area contributed by atoms with Gasteiger partial charge in [-0.1, -0.05) is 59.3 Å². The SMILES string of the molecule is COc1ccc(N(C)C(=O)[C@H](Cc2ccccc2)NC(=O)c2cn(Cc3ccc(Cl)cc3)nn2)cc1. The number of methoxy groups -OCH3 is 1. The van der Waals surface area contributed by atoms with Gasteiger partial charge in [0.05, 0.1) is 19.9 Å². The second kappa shape index (κ2) is 11.5. The monoisotopic (exact) mass is 503 g/mol. The molecule has 1 atom stereocenters. The van der Waals surface area contributed by atoms with Crippen molar-refractivity contribution in [1.82, 2.24) is 20.3 Å². The van der Waals surface area contributed by atoms with Crippen LogP contribution in [0.2, 0.25) is 5.02 Å². The van der Waals surface area contributed by atoms with Crippen molar-refractivity contribution in [1.29, 1.82) is 0 Å². The Bertz CT molecular complexity index is 1310. The molecule has 4 aromatic rings. The standard InChI is InChI=1S/C27H26ClN5O3/c1-32(22-12-14-23(36-2)15-13-22)27(35)24(16-19-6-4-3-5-7-19)29-26(34)25-18-33(31-30-25)17-20-8-10-21(28)11-9-20/h3-15,18,24H,16-17H2,1-2H3,(H,29,34)/t24-/m0/s1. The Labute approximate surface area is 214 Å². The van der Waals surface area contributed by atoms with Crippen molar-refractivity contribution in [3.63, 3.8) is 0 Å². The molecule has 1 heterocycles. The van der Waals surface area contributed by atoms with Crippen LogP contribution in [0, 0.1) is 0 Å². The first-order valence-electron chi connectivity index (χ1n) is 11.3. The van der Waals surface area contributed by atoms with Crippen molar-refractivity contribution in [2.24, 2.45) is 0 Å². The van der Waals surface area contributed by atoms with Gasteiger partial charge in [0.1, 0.15) is 11.8 Å². The van der Waals surface area contributed by atoms with Crippen molar-refractivity contribution in [2.75, 3.05) is 19.1 Å². The summed E-state index contributed by atoms with van der Waals surface area (Å²) in [6.07, 6.45) is 1.88. The molecule has 1 N–H and O–H groups in total. The zero-order valence-electron chi connectivity index (χ0n) is 20.0. The van der Waals surface area contributed by atoms with E-state index in [-0.39, 0.29) is 11.6 Å². The Kier molecular flexibility index (Phi) is 7.97. The third kappa shape index (κ3) is 6.28. The fraction of sp³-hybridized carbons (Fsp3) is 0.185. The van der Waals surface area contributed by atoms with Crippen molar-refractivity contribution in [2.45, 2.75) is 19.0 Å². The van der Waals surface area contributed by atoms with Crippen LogP contribution in [0.3, 0.4) is 0 Å². The number of anilines is 1. The second-order valence-electron chi connectivity index (χ2n) is 8.24. The largest absolute Gasteiger partial charge is 0.497 e. The Morgan fingerprint density at radius 1 is 1.00 bits per heavy atom. The van der Waals surface area contributed by atoms with Crippen LogP contribution in [0.25, 0.3) is 0 Å². The summed E-state index contributed by atoms with van der Waals surface area (Å²) in [6, 6.07) is 23.2. The van der Waals surface area contributed by atoms with Crippen LogP contribution in [0.1, 0.15) is 21.6 Å². The average molecular weight is 504 g/mol. The molecule has 3 aromatic carbocycles. The highest BCUT2D eigenvalue weighted by Gasteiger charge is 2.27. The number of carbonyl (C=O) groups excluding carboxylic acids is 2. The van der Waals surface area contributed by atoms with E-state index in [0.29, 0.717) is 29.4 Å². The zero-order valence-corrected chi connectivity index (χ0v) is 20.7. The molecule has 0 bridgehead atoms. The third-order valence-electron chi connectivity index (χ3n) is 5.71. The predicted octanol–water partition coefficient (Wildman–Crippen LogP) is 3.99. The van der Waals surface area contributed by atoms with E-state index in [9.17, 15) is 9.59 Å². The van der Waals surface area contributed by atoms with Crippen LogP contribution in [0.15, 0.2) is 85.1 Å². The molecule has 0 aliphatic carbocycles. The molecule has 8 nitrogen and oxygen atoms in total. The number of ether oxygens (including phenoxy) is 1. The van der Waals surface area contributed by atoms with Crippen molar-refractivity contribution in [3.8, 4) is 5.75 Å². The summed E-state index contributed by atoms with van der Waals surface area (Å²) < 4.78 is 6.77. The number of amides is 2. The maximum atomic E-state index is 13.5. The summed E-state index contributed by atoms with van der Waals surface area (Å²) in [5.41, 5.74) is 2.70. The number of benzene rings is 3. The second-order valence-corrected chi connectivity index (χ2v) is 8.68. The highest BCUT2D eigenvalue weighted by Crippen LogP contribution is 2.19. The van der Waals surface area contributed by atoms with Crippen LogP contribution in [-0.2, 0) is 17.8 Å². The van der Waals surface area contributed by atoms with E-state index in [1.807, 2.05) is 42.5 Å². The molecule has 4 rings (SSSR count). The molecule has 0 radical (unpaired) electrons. The summed E-state index contributed by atoms with van der Waals surface area (Å²) >= 11 is 5.94. The van der Waals surface area contributed by atoms with Crippen LogP contribution >= 0.6 is 11.6 Å². The minimum absolute atomic E-state index is 0.127. The number of rotatable bonds is 9. The molecule has 36 heavy (non-hydrogen) atoms. The van der Waals surface area contributed by atoms with Gasteiger partial charge in [-0.3, -0.25) is 9.59 Å². The zero-order chi connectivity index (χ0) is 25.5. The number of hydrogen-bond donors (Lipinski definition) is 1. The molecule has 0 fully saturated rings. The van der Waals surface area contributed by atoms with Gasteiger partial charge in [0, 0.05) is 24.2 Å². The lowest BCUT2D eigenvalue weighted by molar-refractivity contribution is -0.120. The summed E-state index contributed by atoms with van der Waals surface area (Å²) in [6.45, 7) is 0.435. The molecular formula is C27H26ClN5O3. The van der Waals surface area contributed by atoms with Crippen LogP contribution in [0.4, 0.5) is 5.69 Å². The van der Waals surface area contributed by atoms with Gasteiger partial charge in [0.15, 0.2) is 5.69 Å². The van der Waals surface area contributed by atoms with Crippen molar-refractivity contribution < 1.29 is 14.3 Å². The smallest absolute Gasteiger partial charge is 0.274 e. The molecule has 0 aliphatic heterocycles. The van der Waals surface area contributed by atoms with E-state index in [4.69, 9.17) is 16.3 Å². The molecule has 0 saturated carbocycles. The topological polar surface area (TPSA) is 89.4 Å². The highest BCUT2D eigenvalue weighted by atomic mass is 35.5. The summed E-state index contributed by atoms with van der Waals surface area (Å²) in [5.74, 6) is -0.0453. The summed E-state index contributed by atoms with van der Waals surface area (Å²) in [7, 11) is 3.26. The molecule has 184 valence electrons. The minimum Gasteiger partial charge on any atom is -0.497 e. The van der Waals surface area contributed by atoms with Crippen LogP contribution in [-0.4, -0.2) is 47.0 Å². The molecular weight excluding hydrogens is 478 g/mol. The van der Waals surface area contributed by atoms with Gasteiger partial charge in [-0.05, 0) is 47.5 Å². The van der Waals surface area contributed by atoms with Gasteiger partial charge < -0.3 is 15.0 Å². The lowest BCUT2D eigenvalue weighted by Crippen LogP contribution is -2.48. The van der Waals surface area contributed by atoms with E-state index < -0.39 is 11.9 Å². The molecule has 0 unspecified atom stereocenters. The molecule has 9 heteroatoms. The molecule has 1 aromatic heterocycles. The van der Waals surface area contributed by atoms with Crippen LogP contribution < -0.4 is 15.0 Å². The number of nitrogens with zero attached hydrogens (tertiary/aromatic N) is 4. The van der Waals surface area contributed by atoms with Gasteiger partial charge in [-0.15, -0.1) is 5.10 Å². The molecule has 0 saturated heterocycles. The van der Waals surface area contributed by atoms with Crippen molar-refractivity contribution >= 4 is 29.1 Å². The minimum atomic E-state index is -0.812. The predicted molar refractivity (Wildman–Crippen MR) is 138 cm³/mol. The van der Waals surface area contributed by atoms with E-state index in [1.165, 1.54) is 4.90 Å². The van der Waals surface area contributed by atoms with Gasteiger partial charge >= 0.3 is 0 Å². The summed E-state index contributed by atoms with van der Waals surface area (Å²) in [5, 5.41) is 11.6. The van der Waals surface area contributed by atoms with Crippen molar-refractivity contribution in [3.05, 3.63) is 107 Å². The Hall–Kier alpha value is -4.17. The Morgan fingerprint density at radius 2 is 1.69 bits per heavy atom. The normalized spacial score (nSPS) is 11.5. The number of likely N-dealkylation sites (N-methyl/N-ethyl adjacent to an activating group) is 1. The van der Waals surface area contributed by atoms with Gasteiger partial charge in [0.2, 0.25) is 5.91 Å². The number of hydrogen-bond acceptors (Lipinski definition) is 5. The quantitative estimate of drug-likeness (QED) is 0.373. The molecule has 2 amide bonds. The van der Waals surface area contributed by atoms with Gasteiger partial charge in [0.25, 0.3) is 5.91 Å². The lowest BCUT2D eigenvalue weighted by Gasteiger charge is -2.25. The first kappa shape index (κ1) is 24.9. The van der Waals surface area contributed by atoms with E-state index >= 15 is 0 Å². The lowest BCUT2D eigenvalue weighted by atomic mass is 10.0. The molecule has 0 aliphatic rings. The first-order valence-corrected chi connectivity index (χ1v) is 11.7. The maximum Gasteiger partial charge on any atom is 0.274 e. The fourth-order valence-electron chi connectivity index (χ4n) is 3.71. The number of aromatic nitrogens is 3.